The molecule has 1 aromatic heterocycles. The van der Waals surface area contributed by atoms with E-state index < -0.39 is 0 Å². The number of pyridine rings is 1. The molecule has 0 saturated heterocycles. The van der Waals surface area contributed by atoms with Crippen molar-refractivity contribution in [2.75, 3.05) is 0 Å². The minimum absolute atomic E-state index is 0.597. The van der Waals surface area contributed by atoms with Gasteiger partial charge in [-0.3, -0.25) is 4.98 Å². The van der Waals surface area contributed by atoms with E-state index in [1.807, 2.05) is 12.4 Å². The molecule has 1 heterocycles. The van der Waals surface area contributed by atoms with Gasteiger partial charge < -0.3 is 5.32 Å². The fourth-order valence-corrected chi connectivity index (χ4v) is 2.51. The largest absolute Gasteiger partial charge is 0.310 e. The molecule has 2 nitrogen and oxygen atoms in total. The first kappa shape index (κ1) is 15.0. The van der Waals surface area contributed by atoms with Gasteiger partial charge in [-0.1, -0.05) is 44.7 Å². The molecule has 0 radical (unpaired) electrons. The molecule has 2 rings (SSSR count). The van der Waals surface area contributed by atoms with E-state index in [9.17, 15) is 0 Å². The summed E-state index contributed by atoms with van der Waals surface area (Å²) in [5.41, 5.74) is 1.35. The molecule has 2 aromatic rings. The third kappa shape index (κ3) is 4.61. The van der Waals surface area contributed by atoms with E-state index in [1.165, 1.54) is 48.4 Å². The first-order valence-electron chi connectivity index (χ1n) is 7.85. The molecule has 1 N–H and O–H groups in total. The van der Waals surface area contributed by atoms with Gasteiger partial charge in [-0.2, -0.15) is 0 Å². The molecule has 1 unspecified atom stereocenters. The van der Waals surface area contributed by atoms with Gasteiger partial charge in [0.1, 0.15) is 0 Å². The number of nitrogens with one attached hydrogen (secondary N) is 1. The van der Waals surface area contributed by atoms with Gasteiger partial charge >= 0.3 is 0 Å². The maximum absolute atomic E-state index is 4.15. The summed E-state index contributed by atoms with van der Waals surface area (Å²) in [5, 5.41) is 6.11. The number of fused-ring (bicyclic) bond motifs is 1. The second kappa shape index (κ2) is 8.01. The molecule has 0 fully saturated rings. The van der Waals surface area contributed by atoms with E-state index in [0.29, 0.717) is 6.04 Å². The van der Waals surface area contributed by atoms with Crippen LogP contribution in [0.5, 0.6) is 0 Å². The van der Waals surface area contributed by atoms with Crippen molar-refractivity contribution in [1.29, 1.82) is 0 Å². The lowest BCUT2D eigenvalue weighted by Crippen LogP contribution is -2.25. The summed E-state index contributed by atoms with van der Waals surface area (Å²) in [5.74, 6) is 0. The van der Waals surface area contributed by atoms with Crippen LogP contribution in [0.15, 0.2) is 36.7 Å². The minimum atomic E-state index is 0.597. The molecule has 0 amide bonds. The van der Waals surface area contributed by atoms with Gasteiger partial charge in [-0.25, -0.2) is 0 Å². The molecular weight excluding hydrogens is 244 g/mol. The third-order valence-corrected chi connectivity index (χ3v) is 3.85. The molecule has 1 atom stereocenters. The molecule has 0 aliphatic heterocycles. The zero-order valence-corrected chi connectivity index (χ0v) is 12.7. The number of rotatable bonds is 8. The highest BCUT2D eigenvalue weighted by Gasteiger charge is 2.02. The summed E-state index contributed by atoms with van der Waals surface area (Å²) >= 11 is 0. The molecule has 0 saturated carbocycles. The van der Waals surface area contributed by atoms with Crippen molar-refractivity contribution in [2.45, 2.75) is 58.5 Å². The second-order valence-corrected chi connectivity index (χ2v) is 5.69. The maximum atomic E-state index is 4.15. The Morgan fingerprint density at radius 2 is 2.00 bits per heavy atom. The fraction of sp³-hybridized carbons (Fsp3) is 0.500. The first-order chi connectivity index (χ1) is 9.79. The lowest BCUT2D eigenvalue weighted by molar-refractivity contribution is 0.483. The molecule has 0 bridgehead atoms. The highest BCUT2D eigenvalue weighted by molar-refractivity contribution is 5.81. The highest BCUT2D eigenvalue weighted by atomic mass is 14.9. The second-order valence-electron chi connectivity index (χ2n) is 5.69. The average Bonchev–Trinajstić information content (AvgIpc) is 2.49. The number of unbranched alkanes of at least 4 members (excludes halogenated alkanes) is 3. The third-order valence-electron chi connectivity index (χ3n) is 3.85. The quantitative estimate of drug-likeness (QED) is 0.704. The number of benzene rings is 1. The molecule has 0 aliphatic carbocycles. The molecule has 1 aromatic carbocycles. The van der Waals surface area contributed by atoms with Crippen LogP contribution in [0.3, 0.4) is 0 Å². The average molecular weight is 270 g/mol. The van der Waals surface area contributed by atoms with Crippen molar-refractivity contribution >= 4 is 10.8 Å². The molecule has 2 heteroatoms. The molecule has 108 valence electrons. The van der Waals surface area contributed by atoms with Crippen molar-refractivity contribution in [3.63, 3.8) is 0 Å². The molecule has 20 heavy (non-hydrogen) atoms. The number of hydrogen-bond donors (Lipinski definition) is 1. The summed E-state index contributed by atoms with van der Waals surface area (Å²) in [6, 6.07) is 9.28. The van der Waals surface area contributed by atoms with Crippen molar-refractivity contribution in [1.82, 2.24) is 10.3 Å². The predicted molar refractivity (Wildman–Crippen MR) is 86.8 cm³/mol. The van der Waals surface area contributed by atoms with Crippen LogP contribution < -0.4 is 5.32 Å². The van der Waals surface area contributed by atoms with Gasteiger partial charge in [0.05, 0.1) is 0 Å². The van der Waals surface area contributed by atoms with E-state index >= 15 is 0 Å². The first-order valence-corrected chi connectivity index (χ1v) is 7.85. The van der Waals surface area contributed by atoms with Gasteiger partial charge in [0.25, 0.3) is 0 Å². The zero-order valence-electron chi connectivity index (χ0n) is 12.7. The van der Waals surface area contributed by atoms with Crippen molar-refractivity contribution < 1.29 is 0 Å². The molecule has 0 aliphatic rings. The summed E-state index contributed by atoms with van der Waals surface area (Å²) in [4.78, 5) is 4.15. The Balaban J connectivity index is 1.80. The number of hydrogen-bond acceptors (Lipinski definition) is 2. The van der Waals surface area contributed by atoms with Crippen LogP contribution in [0.25, 0.3) is 10.8 Å². The van der Waals surface area contributed by atoms with Gasteiger partial charge in [-0.05, 0) is 36.4 Å². The summed E-state index contributed by atoms with van der Waals surface area (Å²) in [6.45, 7) is 5.50. The normalized spacial score (nSPS) is 12.7. The Morgan fingerprint density at radius 1 is 1.10 bits per heavy atom. The van der Waals surface area contributed by atoms with Crippen LogP contribution in [-0.4, -0.2) is 11.0 Å². The molecule has 0 spiro atoms. The van der Waals surface area contributed by atoms with Gasteiger partial charge in [0.15, 0.2) is 0 Å². The Morgan fingerprint density at radius 3 is 2.85 bits per heavy atom. The van der Waals surface area contributed by atoms with E-state index in [1.54, 1.807) is 0 Å². The van der Waals surface area contributed by atoms with Crippen LogP contribution >= 0.6 is 0 Å². The van der Waals surface area contributed by atoms with E-state index in [-0.39, 0.29) is 0 Å². The zero-order chi connectivity index (χ0) is 14.2. The lowest BCUT2D eigenvalue weighted by atomic mass is 10.1. The fourth-order valence-electron chi connectivity index (χ4n) is 2.51. The van der Waals surface area contributed by atoms with Crippen LogP contribution in [0, 0.1) is 0 Å². The van der Waals surface area contributed by atoms with Crippen LogP contribution in [-0.2, 0) is 6.54 Å². The van der Waals surface area contributed by atoms with Crippen LogP contribution in [0.2, 0.25) is 0 Å². The Bertz CT molecular complexity index is 522. The minimum Gasteiger partial charge on any atom is -0.310 e. The highest BCUT2D eigenvalue weighted by Crippen LogP contribution is 2.14. The van der Waals surface area contributed by atoms with E-state index in [0.717, 1.165) is 6.54 Å². The summed E-state index contributed by atoms with van der Waals surface area (Å²) in [7, 11) is 0. The number of nitrogens with zero attached hydrogens (tertiary/aromatic N) is 1. The van der Waals surface area contributed by atoms with E-state index in [2.05, 4.69) is 48.4 Å². The van der Waals surface area contributed by atoms with E-state index in [4.69, 9.17) is 0 Å². The lowest BCUT2D eigenvalue weighted by Gasteiger charge is -2.14. The standard InChI is InChI=1S/C18H26N2/c1-3-4-5-6-7-15(2)20-13-16-8-9-18-14-19-11-10-17(18)12-16/h8-12,14-15,20H,3-7,13H2,1-2H3. The maximum Gasteiger partial charge on any atom is 0.0346 e. The molecular formula is C18H26N2. The Hall–Kier alpha value is -1.41. The van der Waals surface area contributed by atoms with Crippen LogP contribution in [0.1, 0.15) is 51.5 Å². The van der Waals surface area contributed by atoms with Crippen molar-refractivity contribution in [3.8, 4) is 0 Å². The monoisotopic (exact) mass is 270 g/mol. The number of aromatic nitrogens is 1. The van der Waals surface area contributed by atoms with Gasteiger partial charge in [0.2, 0.25) is 0 Å². The van der Waals surface area contributed by atoms with Crippen molar-refractivity contribution in [3.05, 3.63) is 42.2 Å². The van der Waals surface area contributed by atoms with Crippen molar-refractivity contribution in [2.24, 2.45) is 0 Å². The van der Waals surface area contributed by atoms with Gasteiger partial charge in [0, 0.05) is 30.4 Å². The Labute approximate surface area is 122 Å². The van der Waals surface area contributed by atoms with Gasteiger partial charge in [-0.15, -0.1) is 0 Å². The predicted octanol–water partition coefficient (Wildman–Crippen LogP) is 4.68. The van der Waals surface area contributed by atoms with Crippen LogP contribution in [0.4, 0.5) is 0 Å². The topological polar surface area (TPSA) is 24.9 Å². The summed E-state index contributed by atoms with van der Waals surface area (Å²) < 4.78 is 0. The smallest absolute Gasteiger partial charge is 0.0346 e. The Kier molecular flexibility index (Phi) is 6.00. The summed E-state index contributed by atoms with van der Waals surface area (Å²) in [6.07, 6.45) is 10.4. The SMILES string of the molecule is CCCCCCC(C)NCc1ccc2cnccc2c1.